The van der Waals surface area contributed by atoms with Crippen LogP contribution in [0, 0.1) is 0 Å². The van der Waals surface area contributed by atoms with Crippen molar-refractivity contribution in [3.05, 3.63) is 39.3 Å². The highest BCUT2D eigenvalue weighted by molar-refractivity contribution is 5.95. The topological polar surface area (TPSA) is 101 Å². The van der Waals surface area contributed by atoms with Crippen LogP contribution in [-0.2, 0) is 22.4 Å². The van der Waals surface area contributed by atoms with Crippen molar-refractivity contribution in [2.45, 2.75) is 26.7 Å². The number of hydrogen-bond acceptors (Lipinski definition) is 5. The van der Waals surface area contributed by atoms with Crippen LogP contribution in [0.4, 0.5) is 0 Å². The third kappa shape index (κ3) is 4.27. The predicted octanol–water partition coefficient (Wildman–Crippen LogP) is 0.354. The fourth-order valence-corrected chi connectivity index (χ4v) is 1.90. The highest BCUT2D eigenvalue weighted by atomic mass is 16.5. The van der Waals surface area contributed by atoms with Crippen LogP contribution in [0.3, 0.4) is 0 Å². The number of aryl methyl sites for hydroxylation is 1. The fraction of sp³-hybridized carbons (Fsp3) is 0.429. The lowest BCUT2D eigenvalue weighted by atomic mass is 10.0. The molecular formula is C14H19N3O4. The molecule has 0 bridgehead atoms. The lowest BCUT2D eigenvalue weighted by molar-refractivity contribution is -0.134. The van der Waals surface area contributed by atoms with Crippen LogP contribution in [0.5, 0.6) is 0 Å². The van der Waals surface area contributed by atoms with Gasteiger partial charge in [0, 0.05) is 12.6 Å². The number of H-pyrrole nitrogens is 1. The van der Waals surface area contributed by atoms with Gasteiger partial charge in [0.15, 0.2) is 0 Å². The molecule has 0 aliphatic heterocycles. The van der Waals surface area contributed by atoms with Gasteiger partial charge >= 0.3 is 5.97 Å². The summed E-state index contributed by atoms with van der Waals surface area (Å²) >= 11 is 0. The molecule has 1 amide bonds. The summed E-state index contributed by atoms with van der Waals surface area (Å²) in [6.07, 6.45) is 3.82. The molecule has 0 saturated carbocycles. The van der Waals surface area contributed by atoms with E-state index in [1.807, 2.05) is 13.8 Å². The maximum absolute atomic E-state index is 12.1. The molecule has 2 N–H and O–H groups in total. The van der Waals surface area contributed by atoms with Crippen molar-refractivity contribution in [1.82, 2.24) is 15.5 Å². The highest BCUT2D eigenvalue weighted by Gasteiger charge is 2.18. The van der Waals surface area contributed by atoms with E-state index in [0.717, 1.165) is 0 Å². The minimum absolute atomic E-state index is 0.0795. The average Bonchev–Trinajstić information content (AvgIpc) is 2.50. The Balaban J connectivity index is 2.90. The first kappa shape index (κ1) is 16.6. The minimum atomic E-state index is -0.515. The van der Waals surface area contributed by atoms with E-state index in [0.29, 0.717) is 24.1 Å². The van der Waals surface area contributed by atoms with Crippen LogP contribution in [0.15, 0.2) is 16.9 Å². The predicted molar refractivity (Wildman–Crippen MR) is 77.1 cm³/mol. The van der Waals surface area contributed by atoms with Crippen LogP contribution < -0.4 is 10.9 Å². The molecule has 0 atom stereocenters. The Bertz CT molecular complexity index is 605. The monoisotopic (exact) mass is 293 g/mol. The average molecular weight is 293 g/mol. The molecular weight excluding hydrogens is 274 g/mol. The third-order valence-electron chi connectivity index (χ3n) is 2.92. The fourth-order valence-electron chi connectivity index (χ4n) is 1.90. The number of ether oxygens (including phenoxy) is 1. The second-order valence-corrected chi connectivity index (χ2v) is 4.20. The maximum Gasteiger partial charge on any atom is 0.330 e. The van der Waals surface area contributed by atoms with E-state index in [9.17, 15) is 14.4 Å². The number of hydrogen-bond donors (Lipinski definition) is 2. The van der Waals surface area contributed by atoms with E-state index >= 15 is 0 Å². The first-order valence-corrected chi connectivity index (χ1v) is 6.68. The van der Waals surface area contributed by atoms with Crippen molar-refractivity contribution in [3.8, 4) is 0 Å². The molecule has 0 radical (unpaired) electrons. The van der Waals surface area contributed by atoms with Crippen molar-refractivity contribution >= 4 is 11.9 Å². The van der Waals surface area contributed by atoms with Gasteiger partial charge in [-0.3, -0.25) is 9.59 Å². The van der Waals surface area contributed by atoms with E-state index in [1.165, 1.54) is 19.3 Å². The summed E-state index contributed by atoms with van der Waals surface area (Å²) in [7, 11) is 1.27. The molecule has 0 spiro atoms. The van der Waals surface area contributed by atoms with Crippen molar-refractivity contribution in [3.63, 3.8) is 0 Å². The number of carbonyl (C=O) groups is 2. The Kier molecular flexibility index (Phi) is 6.32. The van der Waals surface area contributed by atoms with Gasteiger partial charge in [-0.05, 0) is 18.4 Å². The maximum atomic E-state index is 12.1. The van der Waals surface area contributed by atoms with Crippen molar-refractivity contribution < 1.29 is 14.3 Å². The number of nitrogens with one attached hydrogen (secondary N) is 2. The second kappa shape index (κ2) is 7.98. The number of aromatic amines is 1. The summed E-state index contributed by atoms with van der Waals surface area (Å²) in [6.45, 7) is 3.89. The quantitative estimate of drug-likeness (QED) is 0.582. The Morgan fingerprint density at radius 2 is 2.05 bits per heavy atom. The molecule has 0 aliphatic rings. The molecule has 0 unspecified atom stereocenters. The van der Waals surface area contributed by atoms with Gasteiger partial charge in [0.2, 0.25) is 0 Å². The minimum Gasteiger partial charge on any atom is -0.466 e. The number of aromatic nitrogens is 2. The first-order valence-electron chi connectivity index (χ1n) is 6.68. The molecule has 7 heteroatoms. The Morgan fingerprint density at radius 3 is 2.62 bits per heavy atom. The first-order chi connectivity index (χ1) is 10.0. The summed E-state index contributed by atoms with van der Waals surface area (Å²) in [5, 5.41) is 8.85. The zero-order valence-electron chi connectivity index (χ0n) is 12.4. The SMILES string of the molecule is CCc1n[nH]c(=O)c(C(=O)NC/C=C/C(=O)OC)c1CC. The molecule has 1 aromatic rings. The van der Waals surface area contributed by atoms with E-state index in [-0.39, 0.29) is 12.1 Å². The van der Waals surface area contributed by atoms with Gasteiger partial charge in [-0.15, -0.1) is 0 Å². The second-order valence-electron chi connectivity index (χ2n) is 4.20. The van der Waals surface area contributed by atoms with Crippen LogP contribution in [0.1, 0.15) is 35.5 Å². The smallest absolute Gasteiger partial charge is 0.330 e. The number of rotatable bonds is 6. The van der Waals surface area contributed by atoms with E-state index in [4.69, 9.17) is 0 Å². The van der Waals surface area contributed by atoms with Crippen LogP contribution in [0.2, 0.25) is 0 Å². The standard InChI is InChI=1S/C14H19N3O4/c1-4-9-10(5-2)16-17-14(20)12(9)13(19)15-8-6-7-11(18)21-3/h6-7H,4-5,8H2,1-3H3,(H,15,19)(H,17,20)/b7-6+. The Morgan fingerprint density at radius 1 is 1.33 bits per heavy atom. The lowest BCUT2D eigenvalue weighted by Gasteiger charge is -2.09. The normalized spacial score (nSPS) is 10.6. The molecule has 7 nitrogen and oxygen atoms in total. The zero-order chi connectivity index (χ0) is 15.8. The molecule has 1 aromatic heterocycles. The van der Waals surface area contributed by atoms with Gasteiger partial charge in [-0.25, -0.2) is 9.89 Å². The highest BCUT2D eigenvalue weighted by Crippen LogP contribution is 2.09. The summed E-state index contributed by atoms with van der Waals surface area (Å²) in [5.74, 6) is -0.992. The van der Waals surface area contributed by atoms with Crippen LogP contribution >= 0.6 is 0 Å². The number of amides is 1. The third-order valence-corrected chi connectivity index (χ3v) is 2.92. The summed E-state index contributed by atoms with van der Waals surface area (Å²) in [5.41, 5.74) is 0.914. The molecule has 21 heavy (non-hydrogen) atoms. The van der Waals surface area contributed by atoms with Gasteiger partial charge in [0.1, 0.15) is 5.56 Å². The number of methoxy groups -OCH3 is 1. The van der Waals surface area contributed by atoms with Crippen molar-refractivity contribution in [2.75, 3.05) is 13.7 Å². The molecule has 114 valence electrons. The van der Waals surface area contributed by atoms with Gasteiger partial charge in [0.05, 0.1) is 12.8 Å². The van der Waals surface area contributed by atoms with E-state index in [2.05, 4.69) is 20.3 Å². The van der Waals surface area contributed by atoms with E-state index < -0.39 is 17.4 Å². The Labute approximate surface area is 122 Å². The van der Waals surface area contributed by atoms with Gasteiger partial charge < -0.3 is 10.1 Å². The molecule has 0 fully saturated rings. The summed E-state index contributed by atoms with van der Waals surface area (Å²) in [6, 6.07) is 0. The molecule has 1 heterocycles. The summed E-state index contributed by atoms with van der Waals surface area (Å²) < 4.78 is 4.43. The zero-order valence-corrected chi connectivity index (χ0v) is 12.4. The van der Waals surface area contributed by atoms with Gasteiger partial charge in [0.25, 0.3) is 11.5 Å². The van der Waals surface area contributed by atoms with Crippen molar-refractivity contribution in [2.24, 2.45) is 0 Å². The molecule has 1 rings (SSSR count). The number of nitrogens with zero attached hydrogens (tertiary/aromatic N) is 1. The number of esters is 1. The number of carbonyl (C=O) groups excluding carboxylic acids is 2. The van der Waals surface area contributed by atoms with Crippen LogP contribution in [-0.4, -0.2) is 35.7 Å². The molecule has 0 aliphatic carbocycles. The largest absolute Gasteiger partial charge is 0.466 e. The summed E-state index contributed by atoms with van der Waals surface area (Å²) in [4.78, 5) is 34.8. The van der Waals surface area contributed by atoms with Crippen LogP contribution in [0.25, 0.3) is 0 Å². The molecule has 0 saturated heterocycles. The van der Waals surface area contributed by atoms with Crippen molar-refractivity contribution in [1.29, 1.82) is 0 Å². The van der Waals surface area contributed by atoms with Gasteiger partial charge in [-0.2, -0.15) is 5.10 Å². The van der Waals surface area contributed by atoms with E-state index in [1.54, 1.807) is 0 Å². The molecule has 0 aromatic carbocycles. The lowest BCUT2D eigenvalue weighted by Crippen LogP contribution is -2.32. The van der Waals surface area contributed by atoms with Gasteiger partial charge in [-0.1, -0.05) is 19.9 Å². The Hall–Kier alpha value is -2.44.